The molecule has 2 heterocycles. The van der Waals surface area contributed by atoms with Crippen molar-refractivity contribution in [1.82, 2.24) is 9.55 Å². The predicted molar refractivity (Wildman–Crippen MR) is 215 cm³/mol. The van der Waals surface area contributed by atoms with Gasteiger partial charge in [-0.3, -0.25) is 4.57 Å². The van der Waals surface area contributed by atoms with Gasteiger partial charge in [0.1, 0.15) is 11.3 Å². The summed E-state index contributed by atoms with van der Waals surface area (Å²) in [7, 11) is 0. The maximum Gasteiger partial charge on any atom is 0.159 e. The van der Waals surface area contributed by atoms with Crippen molar-refractivity contribution in [3.05, 3.63) is 182 Å². The quantitative estimate of drug-likeness (QED) is 0.175. The van der Waals surface area contributed by atoms with Crippen LogP contribution >= 0.6 is 0 Å². The molecule has 52 heavy (non-hydrogen) atoms. The third kappa shape index (κ3) is 4.23. The predicted octanol–water partition coefficient (Wildman–Crippen LogP) is 13.3. The molecule has 3 heteroatoms. The van der Waals surface area contributed by atoms with Gasteiger partial charge >= 0.3 is 0 Å². The molecular formula is C49H30N2O. The first-order chi connectivity index (χ1) is 25.8. The van der Waals surface area contributed by atoms with Crippen molar-refractivity contribution in [3.8, 4) is 62.0 Å². The van der Waals surface area contributed by atoms with Gasteiger partial charge in [0.2, 0.25) is 0 Å². The van der Waals surface area contributed by atoms with Crippen LogP contribution in [-0.4, -0.2) is 9.55 Å². The molecule has 0 atom stereocenters. The average molecular weight is 663 g/mol. The minimum absolute atomic E-state index is 0.807. The summed E-state index contributed by atoms with van der Waals surface area (Å²) in [5, 5.41) is 7.36. The van der Waals surface area contributed by atoms with E-state index in [1.807, 2.05) is 18.2 Å². The standard InChI is InChI=1S/C49H30N2O/c1-3-15-32(16-4-1)45-38-21-9-10-22-39(38)46(37-24-11-19-31-14-7-8-20-35(31)37)41-30-34(28-29-40(41)45)36-23-12-26-43-48(36)52-44-27-13-25-42-47(44)51(43)49(50-42)33-17-5-2-6-18-33/h1-30H. The Morgan fingerprint density at radius 3 is 1.88 bits per heavy atom. The zero-order chi connectivity index (χ0) is 34.2. The Hall–Kier alpha value is -6.97. The number of imidazole rings is 1. The molecule has 1 aliphatic heterocycles. The Kier molecular flexibility index (Phi) is 6.25. The summed E-state index contributed by atoms with van der Waals surface area (Å²) in [5.41, 5.74) is 11.0. The third-order valence-corrected chi connectivity index (χ3v) is 10.6. The van der Waals surface area contributed by atoms with Crippen LogP contribution in [0.3, 0.4) is 0 Å². The maximum absolute atomic E-state index is 6.87. The number of aromatic nitrogens is 2. The summed E-state index contributed by atoms with van der Waals surface area (Å²) >= 11 is 0. The molecule has 0 unspecified atom stereocenters. The van der Waals surface area contributed by atoms with Gasteiger partial charge in [0, 0.05) is 11.1 Å². The van der Waals surface area contributed by atoms with Crippen LogP contribution in [0.1, 0.15) is 0 Å². The van der Waals surface area contributed by atoms with Crippen LogP contribution in [-0.2, 0) is 0 Å². The zero-order valence-electron chi connectivity index (χ0n) is 28.1. The van der Waals surface area contributed by atoms with Crippen molar-refractivity contribution >= 4 is 43.4 Å². The Labute approximate surface area is 300 Å². The van der Waals surface area contributed by atoms with Gasteiger partial charge in [-0.2, -0.15) is 0 Å². The van der Waals surface area contributed by atoms with Gasteiger partial charge in [0.25, 0.3) is 0 Å². The maximum atomic E-state index is 6.87. The highest BCUT2D eigenvalue weighted by atomic mass is 16.5. The van der Waals surface area contributed by atoms with E-state index in [0.29, 0.717) is 0 Å². The fourth-order valence-corrected chi connectivity index (χ4v) is 8.33. The van der Waals surface area contributed by atoms with Crippen molar-refractivity contribution in [2.75, 3.05) is 0 Å². The number of fused-ring (bicyclic) bond motifs is 5. The van der Waals surface area contributed by atoms with E-state index in [1.54, 1.807) is 0 Å². The first kappa shape index (κ1) is 28.8. The molecule has 9 aromatic carbocycles. The van der Waals surface area contributed by atoms with E-state index in [2.05, 4.69) is 168 Å². The summed E-state index contributed by atoms with van der Waals surface area (Å²) in [6, 6.07) is 65.0. The molecule has 3 nitrogen and oxygen atoms in total. The van der Waals surface area contributed by atoms with Crippen LogP contribution in [0.4, 0.5) is 0 Å². The molecule has 0 saturated carbocycles. The zero-order valence-corrected chi connectivity index (χ0v) is 28.1. The SMILES string of the molecule is c1ccc(-c2c3ccccc3c(-c3cccc4ccccc34)c3cc(-c4cccc5c4Oc4cccc6nc(-c7ccccc7)n-5c46)ccc23)cc1. The van der Waals surface area contributed by atoms with Crippen LogP contribution < -0.4 is 4.74 Å². The number of hydrogen-bond donors (Lipinski definition) is 0. The van der Waals surface area contributed by atoms with Gasteiger partial charge in [-0.15, -0.1) is 0 Å². The van der Waals surface area contributed by atoms with Crippen LogP contribution in [0.15, 0.2) is 182 Å². The minimum atomic E-state index is 0.807. The summed E-state index contributed by atoms with van der Waals surface area (Å²) in [6.45, 7) is 0. The fraction of sp³-hybridized carbons (Fsp3) is 0. The number of rotatable bonds is 4. The Morgan fingerprint density at radius 1 is 0.423 bits per heavy atom. The van der Waals surface area contributed by atoms with Crippen LogP contribution in [0.5, 0.6) is 11.5 Å². The molecule has 10 aromatic rings. The van der Waals surface area contributed by atoms with Crippen LogP contribution in [0.2, 0.25) is 0 Å². The van der Waals surface area contributed by atoms with Gasteiger partial charge in [0.05, 0.1) is 11.2 Å². The fourth-order valence-electron chi connectivity index (χ4n) is 8.33. The number of para-hydroxylation sites is 2. The summed E-state index contributed by atoms with van der Waals surface area (Å²) < 4.78 is 9.14. The molecule has 0 radical (unpaired) electrons. The molecule has 0 fully saturated rings. The molecule has 1 aliphatic rings. The van der Waals surface area contributed by atoms with Crippen LogP contribution in [0, 0.1) is 0 Å². The average Bonchev–Trinajstić information content (AvgIpc) is 3.61. The van der Waals surface area contributed by atoms with E-state index in [1.165, 1.54) is 54.6 Å². The summed E-state index contributed by atoms with van der Waals surface area (Å²) in [4.78, 5) is 5.12. The first-order valence-corrected chi connectivity index (χ1v) is 17.7. The lowest BCUT2D eigenvalue weighted by atomic mass is 9.83. The highest BCUT2D eigenvalue weighted by molar-refractivity contribution is 6.24. The molecule has 242 valence electrons. The summed E-state index contributed by atoms with van der Waals surface area (Å²) in [5.74, 6) is 2.54. The largest absolute Gasteiger partial charge is 0.452 e. The van der Waals surface area contributed by atoms with E-state index in [9.17, 15) is 0 Å². The summed E-state index contributed by atoms with van der Waals surface area (Å²) in [6.07, 6.45) is 0. The van der Waals surface area contributed by atoms with Crippen LogP contribution in [0.25, 0.3) is 93.8 Å². The number of nitrogens with zero attached hydrogens (tertiary/aromatic N) is 2. The first-order valence-electron chi connectivity index (χ1n) is 17.7. The molecule has 0 spiro atoms. The topological polar surface area (TPSA) is 27.1 Å². The highest BCUT2D eigenvalue weighted by Crippen LogP contribution is 2.50. The lowest BCUT2D eigenvalue weighted by Crippen LogP contribution is -2.06. The van der Waals surface area contributed by atoms with E-state index in [4.69, 9.17) is 9.72 Å². The van der Waals surface area contributed by atoms with Gasteiger partial charge < -0.3 is 4.74 Å². The molecule has 0 aliphatic carbocycles. The smallest absolute Gasteiger partial charge is 0.159 e. The van der Waals surface area contributed by atoms with Gasteiger partial charge in [0.15, 0.2) is 11.5 Å². The number of hydrogen-bond acceptors (Lipinski definition) is 2. The second kappa shape index (κ2) is 11.3. The lowest BCUT2D eigenvalue weighted by Gasteiger charge is -2.24. The Balaban J connectivity index is 1.22. The normalized spacial score (nSPS) is 12.0. The van der Waals surface area contributed by atoms with Gasteiger partial charge in [-0.25, -0.2) is 4.98 Å². The van der Waals surface area contributed by atoms with E-state index >= 15 is 0 Å². The van der Waals surface area contributed by atoms with E-state index < -0.39 is 0 Å². The highest BCUT2D eigenvalue weighted by Gasteiger charge is 2.28. The molecule has 0 bridgehead atoms. The minimum Gasteiger partial charge on any atom is -0.452 e. The second-order valence-corrected chi connectivity index (χ2v) is 13.5. The van der Waals surface area contributed by atoms with Crippen molar-refractivity contribution in [2.24, 2.45) is 0 Å². The third-order valence-electron chi connectivity index (χ3n) is 10.6. The van der Waals surface area contributed by atoms with E-state index in [-0.39, 0.29) is 0 Å². The number of ether oxygens (including phenoxy) is 1. The molecule has 0 amide bonds. The van der Waals surface area contributed by atoms with E-state index in [0.717, 1.165) is 50.7 Å². The van der Waals surface area contributed by atoms with Crippen molar-refractivity contribution in [1.29, 1.82) is 0 Å². The van der Waals surface area contributed by atoms with Gasteiger partial charge in [-0.05, 0) is 84.4 Å². The lowest BCUT2D eigenvalue weighted by molar-refractivity contribution is 0.477. The Bertz CT molecular complexity index is 3030. The second-order valence-electron chi connectivity index (χ2n) is 13.5. The van der Waals surface area contributed by atoms with Crippen molar-refractivity contribution in [3.63, 3.8) is 0 Å². The van der Waals surface area contributed by atoms with Crippen molar-refractivity contribution in [2.45, 2.75) is 0 Å². The molecule has 0 N–H and O–H groups in total. The number of benzene rings is 9. The molecular weight excluding hydrogens is 633 g/mol. The Morgan fingerprint density at radius 2 is 1.06 bits per heavy atom. The van der Waals surface area contributed by atoms with Crippen molar-refractivity contribution < 1.29 is 4.74 Å². The monoisotopic (exact) mass is 662 g/mol. The molecule has 0 saturated heterocycles. The molecule has 11 rings (SSSR count). The van der Waals surface area contributed by atoms with Gasteiger partial charge in [-0.1, -0.05) is 158 Å². The molecule has 1 aromatic heterocycles.